The second kappa shape index (κ2) is 5.25. The first kappa shape index (κ1) is 12.2. The van der Waals surface area contributed by atoms with Crippen LogP contribution in [-0.4, -0.2) is 12.6 Å². The molecule has 0 unspecified atom stereocenters. The minimum absolute atomic E-state index is 0.0167. The van der Waals surface area contributed by atoms with Crippen molar-refractivity contribution in [3.8, 4) is 5.75 Å². The summed E-state index contributed by atoms with van der Waals surface area (Å²) >= 11 is 0. The summed E-state index contributed by atoms with van der Waals surface area (Å²) in [6.07, 6.45) is 0. The zero-order valence-electron chi connectivity index (χ0n) is 8.63. The van der Waals surface area contributed by atoms with Crippen molar-refractivity contribution in [2.75, 3.05) is 6.61 Å². The van der Waals surface area contributed by atoms with Crippen molar-refractivity contribution in [1.29, 1.82) is 0 Å². The number of rotatable bonds is 4. The summed E-state index contributed by atoms with van der Waals surface area (Å²) in [5.41, 5.74) is 0. The summed E-state index contributed by atoms with van der Waals surface area (Å²) in [4.78, 5) is 11.1. The van der Waals surface area contributed by atoms with Gasteiger partial charge in [0.1, 0.15) is 5.75 Å². The fraction of sp³-hybridized carbons (Fsp3) is 0.182. The number of carbonyl (C=O) groups is 1. The average Bonchev–Trinajstić information content (AvgIpc) is 2.24. The molecule has 0 amide bonds. The van der Waals surface area contributed by atoms with Crippen LogP contribution in [0.25, 0.3) is 0 Å². The molecule has 0 heterocycles. The van der Waals surface area contributed by atoms with Crippen LogP contribution in [-0.2, 0) is 9.53 Å². The average molecular weight is 228 g/mol. The van der Waals surface area contributed by atoms with Crippen molar-refractivity contribution in [1.82, 2.24) is 0 Å². The lowest BCUT2D eigenvalue weighted by atomic mass is 10.3. The van der Waals surface area contributed by atoms with Gasteiger partial charge in [-0.05, 0) is 25.6 Å². The third-order valence-electron chi connectivity index (χ3n) is 1.64. The molecular formula is C11H10F2O3. The van der Waals surface area contributed by atoms with Gasteiger partial charge in [-0.2, -0.15) is 0 Å². The van der Waals surface area contributed by atoms with E-state index >= 15 is 0 Å². The maximum atomic E-state index is 12.8. The van der Waals surface area contributed by atoms with Crippen molar-refractivity contribution < 1.29 is 23.0 Å². The Kier molecular flexibility index (Phi) is 3.99. The monoisotopic (exact) mass is 228 g/mol. The highest BCUT2D eigenvalue weighted by Gasteiger charge is 2.11. The normalized spacial score (nSPS) is 9.69. The molecule has 1 aromatic carbocycles. The lowest BCUT2D eigenvalue weighted by Gasteiger charge is -2.07. The zero-order valence-corrected chi connectivity index (χ0v) is 8.63. The van der Waals surface area contributed by atoms with Gasteiger partial charge in [0.15, 0.2) is 11.6 Å². The Labute approximate surface area is 91.3 Å². The van der Waals surface area contributed by atoms with Crippen molar-refractivity contribution in [3.63, 3.8) is 0 Å². The van der Waals surface area contributed by atoms with Gasteiger partial charge in [0.2, 0.25) is 5.76 Å². The van der Waals surface area contributed by atoms with E-state index in [1.807, 2.05) is 0 Å². The maximum Gasteiger partial charge on any atom is 0.373 e. The Hall–Kier alpha value is -1.91. The number of halogens is 2. The van der Waals surface area contributed by atoms with Crippen LogP contribution in [0.3, 0.4) is 0 Å². The maximum absolute atomic E-state index is 12.8. The highest BCUT2D eigenvalue weighted by molar-refractivity contribution is 5.85. The molecule has 1 aromatic rings. The van der Waals surface area contributed by atoms with Crippen LogP contribution in [0, 0.1) is 11.6 Å². The molecule has 0 radical (unpaired) electrons. The van der Waals surface area contributed by atoms with Crippen LogP contribution in [0.2, 0.25) is 0 Å². The Balaban J connectivity index is 2.70. The minimum Gasteiger partial charge on any atom is -0.460 e. The molecule has 0 aliphatic carbocycles. The summed E-state index contributed by atoms with van der Waals surface area (Å²) in [6.45, 7) is 5.11. The molecule has 0 aliphatic rings. The molecule has 0 atom stereocenters. The third kappa shape index (κ3) is 3.05. The van der Waals surface area contributed by atoms with Gasteiger partial charge in [0, 0.05) is 6.07 Å². The topological polar surface area (TPSA) is 35.5 Å². The van der Waals surface area contributed by atoms with E-state index in [0.29, 0.717) is 0 Å². The Bertz CT molecular complexity index is 416. The first-order valence-electron chi connectivity index (χ1n) is 4.53. The second-order valence-electron chi connectivity index (χ2n) is 2.82. The largest absolute Gasteiger partial charge is 0.460 e. The standard InChI is InChI=1S/C11H10F2O3/c1-3-15-11(14)7(2)16-8-4-5-9(12)10(13)6-8/h4-6H,2-3H2,1H3. The molecule has 0 saturated carbocycles. The van der Waals surface area contributed by atoms with E-state index in [4.69, 9.17) is 4.74 Å². The molecule has 0 saturated heterocycles. The van der Waals surface area contributed by atoms with Crippen molar-refractivity contribution >= 4 is 5.97 Å². The molecule has 5 heteroatoms. The van der Waals surface area contributed by atoms with Crippen LogP contribution in [0.4, 0.5) is 8.78 Å². The lowest BCUT2D eigenvalue weighted by molar-refractivity contribution is -0.140. The van der Waals surface area contributed by atoms with Gasteiger partial charge in [-0.25, -0.2) is 13.6 Å². The molecule has 1 rings (SSSR count). The van der Waals surface area contributed by atoms with Crippen LogP contribution < -0.4 is 4.74 Å². The lowest BCUT2D eigenvalue weighted by Crippen LogP contribution is -2.11. The van der Waals surface area contributed by atoms with E-state index in [2.05, 4.69) is 11.3 Å². The van der Waals surface area contributed by atoms with Crippen LogP contribution in [0.1, 0.15) is 6.92 Å². The number of carbonyl (C=O) groups excluding carboxylic acids is 1. The van der Waals surface area contributed by atoms with Gasteiger partial charge in [0.05, 0.1) is 6.61 Å². The van der Waals surface area contributed by atoms with Gasteiger partial charge >= 0.3 is 5.97 Å². The predicted octanol–water partition coefficient (Wildman–Crippen LogP) is 2.42. The second-order valence-corrected chi connectivity index (χ2v) is 2.82. The highest BCUT2D eigenvalue weighted by Crippen LogP contribution is 2.17. The molecular weight excluding hydrogens is 218 g/mol. The molecule has 16 heavy (non-hydrogen) atoms. The summed E-state index contributed by atoms with van der Waals surface area (Å²) in [5.74, 6) is -3.10. The van der Waals surface area contributed by atoms with E-state index < -0.39 is 17.6 Å². The molecule has 86 valence electrons. The fourth-order valence-corrected chi connectivity index (χ4v) is 0.936. The van der Waals surface area contributed by atoms with Gasteiger partial charge < -0.3 is 9.47 Å². The smallest absolute Gasteiger partial charge is 0.373 e. The molecule has 0 aromatic heterocycles. The SMILES string of the molecule is C=C(Oc1ccc(F)c(F)c1)C(=O)OCC. The van der Waals surface area contributed by atoms with Crippen molar-refractivity contribution in [2.45, 2.75) is 6.92 Å². The molecule has 0 fully saturated rings. The summed E-state index contributed by atoms with van der Waals surface area (Å²) in [5, 5.41) is 0. The van der Waals surface area contributed by atoms with Gasteiger partial charge in [-0.15, -0.1) is 0 Å². The van der Waals surface area contributed by atoms with Crippen molar-refractivity contribution in [2.24, 2.45) is 0 Å². The Morgan fingerprint density at radius 2 is 2.06 bits per heavy atom. The van der Waals surface area contributed by atoms with Gasteiger partial charge in [-0.3, -0.25) is 0 Å². The van der Waals surface area contributed by atoms with Gasteiger partial charge in [0.25, 0.3) is 0 Å². The van der Waals surface area contributed by atoms with Gasteiger partial charge in [-0.1, -0.05) is 0 Å². The number of ether oxygens (including phenoxy) is 2. The molecule has 0 spiro atoms. The zero-order chi connectivity index (χ0) is 12.1. The van der Waals surface area contributed by atoms with E-state index in [0.717, 1.165) is 12.1 Å². The molecule has 0 bridgehead atoms. The first-order valence-corrected chi connectivity index (χ1v) is 4.53. The third-order valence-corrected chi connectivity index (χ3v) is 1.64. The summed E-state index contributed by atoms with van der Waals surface area (Å²) in [6, 6.07) is 2.89. The van der Waals surface area contributed by atoms with E-state index in [1.165, 1.54) is 6.07 Å². The number of esters is 1. The Morgan fingerprint density at radius 1 is 1.38 bits per heavy atom. The number of hydrogen-bond donors (Lipinski definition) is 0. The number of benzene rings is 1. The van der Waals surface area contributed by atoms with E-state index in [9.17, 15) is 13.6 Å². The highest BCUT2D eigenvalue weighted by atomic mass is 19.2. The molecule has 0 aliphatic heterocycles. The minimum atomic E-state index is -1.06. The quantitative estimate of drug-likeness (QED) is 0.451. The van der Waals surface area contributed by atoms with Crippen LogP contribution in [0.15, 0.2) is 30.5 Å². The summed E-state index contributed by atoms with van der Waals surface area (Å²) in [7, 11) is 0. The Morgan fingerprint density at radius 3 is 2.62 bits per heavy atom. The molecule has 3 nitrogen and oxygen atoms in total. The summed E-state index contributed by atoms with van der Waals surface area (Å²) < 4.78 is 34.8. The van der Waals surface area contributed by atoms with E-state index in [-0.39, 0.29) is 18.1 Å². The van der Waals surface area contributed by atoms with Crippen molar-refractivity contribution in [3.05, 3.63) is 42.2 Å². The van der Waals surface area contributed by atoms with Crippen LogP contribution >= 0.6 is 0 Å². The van der Waals surface area contributed by atoms with E-state index in [1.54, 1.807) is 6.92 Å². The fourth-order valence-electron chi connectivity index (χ4n) is 0.936. The molecule has 0 N–H and O–H groups in total. The van der Waals surface area contributed by atoms with Crippen LogP contribution in [0.5, 0.6) is 5.75 Å². The predicted molar refractivity (Wildman–Crippen MR) is 52.8 cm³/mol. The first-order chi connectivity index (χ1) is 7.54. The number of hydrogen-bond acceptors (Lipinski definition) is 3.